The van der Waals surface area contributed by atoms with Gasteiger partial charge in [0.15, 0.2) is 0 Å². The van der Waals surface area contributed by atoms with Gasteiger partial charge in [-0.3, -0.25) is 0 Å². The molecule has 2 fully saturated rings. The molecule has 0 bridgehead atoms. The van der Waals surface area contributed by atoms with Crippen LogP contribution < -0.4 is 0 Å². The second-order valence-corrected chi connectivity index (χ2v) is 8.87. The molecule has 1 N–H and O–H groups in total. The summed E-state index contributed by atoms with van der Waals surface area (Å²) in [7, 11) is -3.67. The van der Waals surface area contributed by atoms with Crippen molar-refractivity contribution in [2.75, 3.05) is 19.8 Å². The molecule has 1 saturated carbocycles. The summed E-state index contributed by atoms with van der Waals surface area (Å²) in [6.45, 7) is 1.16. The number of hydrogen-bond donors (Lipinski definition) is 1. The topological polar surface area (TPSA) is 83.9 Å². The normalized spacial score (nSPS) is 22.7. The van der Waals surface area contributed by atoms with Crippen LogP contribution in [0.2, 0.25) is 0 Å². The van der Waals surface area contributed by atoms with Crippen molar-refractivity contribution in [1.29, 1.82) is 0 Å². The fourth-order valence-electron chi connectivity index (χ4n) is 3.37. The van der Waals surface area contributed by atoms with Crippen LogP contribution in [0.5, 0.6) is 0 Å². The van der Waals surface area contributed by atoms with E-state index < -0.39 is 21.5 Å². The molecule has 1 aliphatic carbocycles. The third kappa shape index (κ3) is 2.68. The summed E-state index contributed by atoms with van der Waals surface area (Å²) in [4.78, 5) is 11.0. The van der Waals surface area contributed by atoms with Crippen molar-refractivity contribution in [2.24, 2.45) is 0 Å². The summed E-state index contributed by atoms with van der Waals surface area (Å²) in [6, 6.07) is 1.26. The molecule has 122 valence electrons. The molecule has 1 saturated heterocycles. The molecule has 0 amide bonds. The Hall–Kier alpha value is -0.960. The Kier molecular flexibility index (Phi) is 4.28. The first-order valence-electron chi connectivity index (χ1n) is 7.38. The smallest absolute Gasteiger partial charge is 0.336 e. The monoisotopic (exact) mass is 345 g/mol. The van der Waals surface area contributed by atoms with E-state index in [9.17, 15) is 13.2 Å². The molecule has 0 atom stereocenters. The second-order valence-electron chi connectivity index (χ2n) is 5.87. The van der Waals surface area contributed by atoms with Gasteiger partial charge in [0, 0.05) is 11.9 Å². The lowest BCUT2D eigenvalue weighted by Gasteiger charge is -2.47. The first-order chi connectivity index (χ1) is 10.5. The zero-order valence-corrected chi connectivity index (χ0v) is 13.8. The third-order valence-corrected chi connectivity index (χ3v) is 7.91. The fraction of sp³-hybridized carbons (Fsp3) is 0.643. The molecule has 1 aromatic heterocycles. The van der Waals surface area contributed by atoms with Crippen molar-refractivity contribution in [2.45, 2.75) is 41.9 Å². The highest BCUT2D eigenvalue weighted by molar-refractivity contribution is 7.91. The van der Waals surface area contributed by atoms with Crippen LogP contribution in [-0.2, 0) is 14.8 Å². The lowest BCUT2D eigenvalue weighted by atomic mass is 9.81. The molecular weight excluding hydrogens is 326 g/mol. The van der Waals surface area contributed by atoms with Gasteiger partial charge in [0.2, 0.25) is 0 Å². The predicted molar refractivity (Wildman–Crippen MR) is 81.8 cm³/mol. The van der Waals surface area contributed by atoms with Crippen LogP contribution in [0.15, 0.2) is 15.7 Å². The van der Waals surface area contributed by atoms with Crippen LogP contribution in [0.3, 0.4) is 0 Å². The van der Waals surface area contributed by atoms with E-state index in [0.29, 0.717) is 19.8 Å². The maximum atomic E-state index is 13.0. The molecule has 2 heterocycles. The van der Waals surface area contributed by atoms with Crippen molar-refractivity contribution in [3.8, 4) is 0 Å². The number of carboxylic acid groups (broad SMARTS) is 1. The number of hydrogen-bond acceptors (Lipinski definition) is 5. The van der Waals surface area contributed by atoms with Crippen LogP contribution in [0.25, 0.3) is 0 Å². The van der Waals surface area contributed by atoms with E-state index >= 15 is 0 Å². The summed E-state index contributed by atoms with van der Waals surface area (Å²) in [5.74, 6) is -1.10. The van der Waals surface area contributed by atoms with Crippen molar-refractivity contribution in [1.82, 2.24) is 4.31 Å². The van der Waals surface area contributed by atoms with Crippen molar-refractivity contribution in [3.63, 3.8) is 0 Å². The molecule has 1 spiro atoms. The van der Waals surface area contributed by atoms with E-state index in [4.69, 9.17) is 9.84 Å². The van der Waals surface area contributed by atoms with Crippen LogP contribution in [0.1, 0.15) is 42.5 Å². The molecule has 6 nitrogen and oxygen atoms in total. The van der Waals surface area contributed by atoms with E-state index in [1.807, 2.05) is 0 Å². The van der Waals surface area contributed by atoms with Crippen molar-refractivity contribution in [3.05, 3.63) is 17.0 Å². The Labute approximate surface area is 133 Å². The van der Waals surface area contributed by atoms with Crippen LogP contribution in [0, 0.1) is 0 Å². The van der Waals surface area contributed by atoms with E-state index in [0.717, 1.165) is 43.4 Å². The van der Waals surface area contributed by atoms with Gasteiger partial charge in [-0.2, -0.15) is 4.31 Å². The van der Waals surface area contributed by atoms with Gasteiger partial charge in [0.1, 0.15) is 4.21 Å². The maximum Gasteiger partial charge on any atom is 0.336 e. The van der Waals surface area contributed by atoms with E-state index in [2.05, 4.69) is 0 Å². The van der Waals surface area contributed by atoms with Gasteiger partial charge in [-0.1, -0.05) is 19.3 Å². The molecule has 0 unspecified atom stereocenters. The number of thiophene rings is 1. The van der Waals surface area contributed by atoms with Crippen LogP contribution in [-0.4, -0.2) is 49.1 Å². The minimum Gasteiger partial charge on any atom is -0.478 e. The Balaban J connectivity index is 1.96. The summed E-state index contributed by atoms with van der Waals surface area (Å²) >= 11 is 0.975. The lowest BCUT2D eigenvalue weighted by molar-refractivity contribution is -0.0434. The fourth-order valence-corrected chi connectivity index (χ4v) is 6.43. The standard InChI is InChI=1S/C14H19NO5S2/c16-13(17)11-8-12(21-9-11)22(18,19)15-6-7-20-10-14(15)4-2-1-3-5-14/h8-9H,1-7,10H2,(H,16,17). The Bertz CT molecular complexity index is 652. The van der Waals surface area contributed by atoms with Crippen molar-refractivity contribution < 1.29 is 23.1 Å². The van der Waals surface area contributed by atoms with Gasteiger partial charge in [-0.05, 0) is 18.9 Å². The van der Waals surface area contributed by atoms with Gasteiger partial charge in [-0.25, -0.2) is 13.2 Å². The SMILES string of the molecule is O=C(O)c1csc(S(=O)(=O)N2CCOCC23CCCCC3)c1. The van der Waals surface area contributed by atoms with Crippen LogP contribution >= 0.6 is 11.3 Å². The number of carbonyl (C=O) groups is 1. The summed E-state index contributed by atoms with van der Waals surface area (Å²) in [6.07, 6.45) is 4.74. The quantitative estimate of drug-likeness (QED) is 0.907. The molecule has 1 aromatic rings. The van der Waals surface area contributed by atoms with Gasteiger partial charge >= 0.3 is 5.97 Å². The largest absolute Gasteiger partial charge is 0.478 e. The zero-order chi connectivity index (χ0) is 15.8. The summed E-state index contributed by atoms with van der Waals surface area (Å²) in [5, 5.41) is 10.4. The molecule has 0 radical (unpaired) electrons. The average molecular weight is 345 g/mol. The average Bonchev–Trinajstić information content (AvgIpc) is 2.99. The first kappa shape index (κ1) is 15.9. The number of ether oxygens (including phenoxy) is 1. The third-order valence-electron chi connectivity index (χ3n) is 4.49. The predicted octanol–water partition coefficient (Wildman–Crippen LogP) is 2.17. The summed E-state index contributed by atoms with van der Waals surface area (Å²) in [5.41, 5.74) is -0.433. The number of sulfonamides is 1. The van der Waals surface area contributed by atoms with E-state index in [-0.39, 0.29) is 9.77 Å². The highest BCUT2D eigenvalue weighted by Crippen LogP contribution is 2.40. The maximum absolute atomic E-state index is 13.0. The Morgan fingerprint density at radius 3 is 2.68 bits per heavy atom. The lowest BCUT2D eigenvalue weighted by Crippen LogP contribution is -2.59. The summed E-state index contributed by atoms with van der Waals surface area (Å²) < 4.78 is 33.2. The van der Waals surface area contributed by atoms with Gasteiger partial charge < -0.3 is 9.84 Å². The molecule has 1 aliphatic heterocycles. The number of rotatable bonds is 3. The van der Waals surface area contributed by atoms with Crippen molar-refractivity contribution >= 4 is 27.3 Å². The Morgan fingerprint density at radius 2 is 2.05 bits per heavy atom. The number of aromatic carboxylic acids is 1. The number of morpholine rings is 1. The number of nitrogens with zero attached hydrogens (tertiary/aromatic N) is 1. The molecule has 8 heteroatoms. The van der Waals surface area contributed by atoms with Gasteiger partial charge in [0.25, 0.3) is 10.0 Å². The zero-order valence-electron chi connectivity index (χ0n) is 12.2. The second kappa shape index (κ2) is 5.92. The molecular formula is C14H19NO5S2. The highest BCUT2D eigenvalue weighted by atomic mass is 32.2. The van der Waals surface area contributed by atoms with E-state index in [1.54, 1.807) is 4.31 Å². The van der Waals surface area contributed by atoms with Gasteiger partial charge in [0.05, 0.1) is 24.3 Å². The van der Waals surface area contributed by atoms with E-state index in [1.165, 1.54) is 11.4 Å². The molecule has 2 aliphatic rings. The highest BCUT2D eigenvalue weighted by Gasteiger charge is 2.47. The minimum absolute atomic E-state index is 0.0227. The minimum atomic E-state index is -3.67. The van der Waals surface area contributed by atoms with Gasteiger partial charge in [-0.15, -0.1) is 11.3 Å². The van der Waals surface area contributed by atoms with Crippen LogP contribution in [0.4, 0.5) is 0 Å². The Morgan fingerprint density at radius 1 is 1.32 bits per heavy atom. The first-order valence-corrected chi connectivity index (χ1v) is 9.70. The number of carboxylic acids is 1. The molecule has 22 heavy (non-hydrogen) atoms. The molecule has 0 aromatic carbocycles. The molecule has 3 rings (SSSR count).